The van der Waals surface area contributed by atoms with E-state index >= 15 is 0 Å². The second-order valence-corrected chi connectivity index (χ2v) is 17.0. The molecule has 0 N–H and O–H groups in total. The summed E-state index contributed by atoms with van der Waals surface area (Å²) in [6.45, 7) is 13.7. The van der Waals surface area contributed by atoms with Gasteiger partial charge >= 0.3 is 143 Å². The Morgan fingerprint density at radius 2 is 1.58 bits per heavy atom. The van der Waals surface area contributed by atoms with Crippen LogP contribution in [0.1, 0.15) is 73.7 Å². The molecule has 0 saturated carbocycles. The van der Waals surface area contributed by atoms with E-state index in [0.29, 0.717) is 3.63 Å². The maximum atomic E-state index is 4.62. The third-order valence-electron chi connectivity index (χ3n) is 8.26. The molecule has 0 aromatic heterocycles. The van der Waals surface area contributed by atoms with E-state index in [1.54, 1.807) is 35.1 Å². The fraction of sp³-hybridized carbons (Fsp3) is 0.364. The van der Waals surface area contributed by atoms with Crippen molar-refractivity contribution in [3.63, 3.8) is 0 Å². The van der Waals surface area contributed by atoms with Crippen molar-refractivity contribution in [1.29, 1.82) is 0 Å². The minimum absolute atomic E-state index is 0. The number of halogens is 2. The van der Waals surface area contributed by atoms with Crippen LogP contribution in [-0.2, 0) is 31.1 Å². The number of fused-ring (bicyclic) bond motifs is 1. The Balaban J connectivity index is 0.000000227. The minimum Gasteiger partial charge on any atom is -1.00 e. The SMILES string of the molecule is CC1=CC2=C3C(C)=C(C2=N1)[Si]3(C)C.CCCCCCc1ccc(-c2cccc3c2C=C(C)[CH]3[Zr+2])cc1.[Cl-].[Cl-]. The molecule has 1 atom stereocenters. The van der Waals surface area contributed by atoms with Crippen LogP contribution in [0.3, 0.4) is 0 Å². The summed E-state index contributed by atoms with van der Waals surface area (Å²) in [6.07, 6.45) is 11.2. The van der Waals surface area contributed by atoms with E-state index in [4.69, 9.17) is 0 Å². The van der Waals surface area contributed by atoms with Crippen molar-refractivity contribution in [2.45, 2.75) is 76.5 Å². The smallest absolute Gasteiger partial charge is 1.00 e. The molecule has 5 aliphatic rings. The molecule has 1 nitrogen and oxygen atoms in total. The maximum absolute atomic E-state index is 4.62. The number of unbranched alkanes of at least 4 members (excludes halogenated alkanes) is 3. The molecule has 0 saturated heterocycles. The van der Waals surface area contributed by atoms with Gasteiger partial charge in [-0.25, -0.2) is 0 Å². The van der Waals surface area contributed by atoms with Gasteiger partial charge < -0.3 is 24.8 Å². The van der Waals surface area contributed by atoms with Crippen LogP contribution in [0.5, 0.6) is 0 Å². The molecule has 5 heteroatoms. The molecule has 2 aromatic carbocycles. The Hall–Kier alpha value is -1.25. The van der Waals surface area contributed by atoms with Crippen LogP contribution < -0.4 is 24.8 Å². The molecule has 3 aliphatic heterocycles. The summed E-state index contributed by atoms with van der Waals surface area (Å²) >= 11 is 1.59. The first-order valence-corrected chi connectivity index (χ1v) is 18.0. The van der Waals surface area contributed by atoms with Gasteiger partial charge in [-0.3, -0.25) is 4.99 Å². The normalized spacial score (nSPS) is 19.3. The molecule has 2 aliphatic carbocycles. The van der Waals surface area contributed by atoms with E-state index in [1.165, 1.54) is 88.0 Å². The van der Waals surface area contributed by atoms with E-state index < -0.39 is 8.07 Å². The fourth-order valence-corrected chi connectivity index (χ4v) is 11.1. The Bertz CT molecular complexity index is 1380. The zero-order valence-corrected chi connectivity index (χ0v) is 28.5. The summed E-state index contributed by atoms with van der Waals surface area (Å²) in [4.78, 5) is 4.62. The molecule has 3 heterocycles. The zero-order valence-electron chi connectivity index (χ0n) is 23.5. The van der Waals surface area contributed by atoms with Crippen LogP contribution in [0, 0.1) is 0 Å². The molecule has 0 fully saturated rings. The van der Waals surface area contributed by atoms with Gasteiger partial charge in [0.15, 0.2) is 0 Å². The van der Waals surface area contributed by atoms with Crippen LogP contribution in [0.2, 0.25) is 13.1 Å². The van der Waals surface area contributed by atoms with Gasteiger partial charge in [-0.2, -0.15) is 0 Å². The van der Waals surface area contributed by atoms with Crippen LogP contribution in [0.4, 0.5) is 0 Å². The van der Waals surface area contributed by atoms with Crippen LogP contribution in [-0.4, -0.2) is 13.8 Å². The summed E-state index contributed by atoms with van der Waals surface area (Å²) in [5, 5.41) is 3.28. The Morgan fingerprint density at radius 1 is 0.868 bits per heavy atom. The van der Waals surface area contributed by atoms with Crippen molar-refractivity contribution in [3.8, 4) is 11.1 Å². The number of benzene rings is 2. The molecular weight excluding hydrogens is 601 g/mol. The van der Waals surface area contributed by atoms with Gasteiger partial charge in [-0.15, -0.1) is 0 Å². The van der Waals surface area contributed by atoms with Crippen molar-refractivity contribution in [3.05, 3.63) is 98.0 Å². The van der Waals surface area contributed by atoms with E-state index in [9.17, 15) is 0 Å². The average Bonchev–Trinajstić information content (AvgIpc) is 3.50. The molecule has 2 bridgehead atoms. The van der Waals surface area contributed by atoms with Crippen LogP contribution >= 0.6 is 0 Å². The molecular formula is C33H38Cl2NSiZr. The first kappa shape index (κ1) is 31.3. The molecule has 197 valence electrons. The van der Waals surface area contributed by atoms with E-state index in [1.807, 2.05) is 0 Å². The fourth-order valence-electron chi connectivity index (χ4n) is 6.48. The van der Waals surface area contributed by atoms with Gasteiger partial charge in [0, 0.05) is 11.3 Å². The number of hydrogen-bond acceptors (Lipinski definition) is 1. The number of aryl methyl sites for hydroxylation is 1. The van der Waals surface area contributed by atoms with E-state index in [-0.39, 0.29) is 24.8 Å². The summed E-state index contributed by atoms with van der Waals surface area (Å²) in [6, 6.07) is 16.0. The predicted molar refractivity (Wildman–Crippen MR) is 155 cm³/mol. The van der Waals surface area contributed by atoms with Crippen molar-refractivity contribution >= 4 is 19.9 Å². The third kappa shape index (κ3) is 5.51. The quantitative estimate of drug-likeness (QED) is 0.341. The summed E-state index contributed by atoms with van der Waals surface area (Å²) in [7, 11) is -1.15. The number of hydrogen-bond donors (Lipinski definition) is 0. The standard InChI is InChI=1S/C22H25.C11H13NSi.2ClH.Zr/c1-3-4-5-6-8-18-11-13-19(14-12-18)21-10-7-9-20-15-17(2)16-22(20)21;1-6-5-8-9(12-6)11-7(2)10(8)13(11,3)4;;;/h7,9-16H,3-6,8H2,1-2H3;5H,1-4H3;2*1H;/q;;;;+2/p-2. The van der Waals surface area contributed by atoms with Crippen LogP contribution in [0.25, 0.3) is 17.2 Å². The van der Waals surface area contributed by atoms with Gasteiger partial charge in [0.05, 0.1) is 5.71 Å². The van der Waals surface area contributed by atoms with Gasteiger partial charge in [0.25, 0.3) is 0 Å². The van der Waals surface area contributed by atoms with Crippen molar-refractivity contribution in [2.24, 2.45) is 4.99 Å². The Morgan fingerprint density at radius 3 is 2.21 bits per heavy atom. The molecule has 2 aromatic rings. The van der Waals surface area contributed by atoms with Crippen molar-refractivity contribution < 1.29 is 49.5 Å². The van der Waals surface area contributed by atoms with Gasteiger partial charge in [-0.1, -0.05) is 26.4 Å². The van der Waals surface area contributed by atoms with Gasteiger partial charge in [-0.05, 0) is 35.9 Å². The molecule has 38 heavy (non-hydrogen) atoms. The molecule has 0 spiro atoms. The largest absolute Gasteiger partial charge is 1.00 e. The maximum Gasteiger partial charge on any atom is -1.00 e. The second kappa shape index (κ2) is 12.5. The molecule has 1 unspecified atom stereocenters. The van der Waals surface area contributed by atoms with E-state index in [2.05, 4.69) is 100 Å². The van der Waals surface area contributed by atoms with E-state index in [0.717, 1.165) is 0 Å². The second-order valence-electron chi connectivity index (χ2n) is 11.3. The average molecular weight is 639 g/mol. The Kier molecular flexibility index (Phi) is 10.3. The van der Waals surface area contributed by atoms with Gasteiger partial charge in [0.2, 0.25) is 0 Å². The van der Waals surface area contributed by atoms with Crippen molar-refractivity contribution in [1.82, 2.24) is 0 Å². The summed E-state index contributed by atoms with van der Waals surface area (Å²) < 4.78 is 0.648. The van der Waals surface area contributed by atoms with Gasteiger partial charge in [0.1, 0.15) is 8.07 Å². The molecule has 7 rings (SSSR count). The summed E-state index contributed by atoms with van der Waals surface area (Å²) in [5.74, 6) is 0. The molecule has 0 radical (unpaired) electrons. The molecule has 0 amide bonds. The first-order valence-electron chi connectivity index (χ1n) is 13.6. The zero-order chi connectivity index (χ0) is 25.6. The van der Waals surface area contributed by atoms with Crippen molar-refractivity contribution in [2.75, 3.05) is 0 Å². The Labute approximate surface area is 258 Å². The third-order valence-corrected chi connectivity index (χ3v) is 13.9. The topological polar surface area (TPSA) is 12.4 Å². The monoisotopic (exact) mass is 636 g/mol. The minimum atomic E-state index is -1.15. The first-order chi connectivity index (χ1) is 17.2. The summed E-state index contributed by atoms with van der Waals surface area (Å²) in [5.41, 5.74) is 14.2. The predicted octanol–water partition coefficient (Wildman–Crippen LogP) is 3.26. The number of rotatable bonds is 6. The number of aliphatic imine (C=N–C) groups is 1. The van der Waals surface area contributed by atoms with Crippen LogP contribution in [0.15, 0.2) is 86.3 Å². The number of allylic oxidation sites excluding steroid dienone is 7. The number of nitrogens with zero attached hydrogens (tertiary/aromatic N) is 1.